The number of carboxylic acid groups (broad SMARTS) is 1. The number of hydrogen-bond acceptors (Lipinski definition) is 2. The third-order valence-corrected chi connectivity index (χ3v) is 2.32. The zero-order valence-electron chi connectivity index (χ0n) is 7.91. The van der Waals surface area contributed by atoms with E-state index < -0.39 is 5.97 Å². The molecule has 0 radical (unpaired) electrons. The second-order valence-electron chi connectivity index (χ2n) is 3.46. The maximum atomic E-state index is 10.2. The molecular weight excluding hydrogens is 166 g/mol. The Morgan fingerprint density at radius 3 is 2.38 bits per heavy atom. The lowest BCUT2D eigenvalue weighted by atomic mass is 10.2. The Balaban J connectivity index is 2.22. The SMILES string of the molecule is O=C(O)C=CCN1CCCCCC1. The summed E-state index contributed by atoms with van der Waals surface area (Å²) in [5.74, 6) is -0.852. The molecule has 0 aromatic heterocycles. The fourth-order valence-corrected chi connectivity index (χ4v) is 1.62. The van der Waals surface area contributed by atoms with E-state index in [-0.39, 0.29) is 0 Å². The van der Waals surface area contributed by atoms with Crippen molar-refractivity contribution in [2.24, 2.45) is 0 Å². The van der Waals surface area contributed by atoms with Crippen LogP contribution >= 0.6 is 0 Å². The molecule has 1 saturated heterocycles. The van der Waals surface area contributed by atoms with Crippen LogP contribution in [0.5, 0.6) is 0 Å². The molecule has 13 heavy (non-hydrogen) atoms. The van der Waals surface area contributed by atoms with Gasteiger partial charge in [-0.3, -0.25) is 4.90 Å². The van der Waals surface area contributed by atoms with E-state index in [1.807, 2.05) is 0 Å². The number of carboxylic acids is 1. The van der Waals surface area contributed by atoms with Crippen molar-refractivity contribution in [2.45, 2.75) is 25.7 Å². The van der Waals surface area contributed by atoms with Crippen LogP contribution in [0.3, 0.4) is 0 Å². The van der Waals surface area contributed by atoms with Gasteiger partial charge in [-0.05, 0) is 25.9 Å². The zero-order valence-corrected chi connectivity index (χ0v) is 7.91. The van der Waals surface area contributed by atoms with Gasteiger partial charge >= 0.3 is 5.97 Å². The van der Waals surface area contributed by atoms with Crippen molar-refractivity contribution in [1.82, 2.24) is 4.90 Å². The molecule has 0 amide bonds. The highest BCUT2D eigenvalue weighted by Crippen LogP contribution is 2.08. The molecule has 74 valence electrons. The first-order chi connectivity index (χ1) is 6.29. The lowest BCUT2D eigenvalue weighted by molar-refractivity contribution is -0.131. The summed E-state index contributed by atoms with van der Waals surface area (Å²) in [6.07, 6.45) is 8.10. The van der Waals surface area contributed by atoms with Crippen molar-refractivity contribution in [3.63, 3.8) is 0 Å². The van der Waals surface area contributed by atoms with Crippen LogP contribution < -0.4 is 0 Å². The second kappa shape index (κ2) is 5.75. The first kappa shape index (κ1) is 10.3. The molecule has 0 aromatic rings. The van der Waals surface area contributed by atoms with Crippen molar-refractivity contribution in [3.8, 4) is 0 Å². The average molecular weight is 183 g/mol. The normalized spacial score (nSPS) is 20.3. The number of aliphatic carboxylic acids is 1. The predicted molar refractivity (Wildman–Crippen MR) is 51.7 cm³/mol. The number of nitrogens with zero attached hydrogens (tertiary/aromatic N) is 1. The molecule has 0 bridgehead atoms. The summed E-state index contributed by atoms with van der Waals surface area (Å²) < 4.78 is 0. The molecule has 0 aliphatic carbocycles. The molecule has 0 aromatic carbocycles. The summed E-state index contributed by atoms with van der Waals surface area (Å²) in [6.45, 7) is 3.01. The van der Waals surface area contributed by atoms with Gasteiger partial charge in [-0.25, -0.2) is 4.79 Å². The molecule has 3 heteroatoms. The van der Waals surface area contributed by atoms with E-state index in [1.165, 1.54) is 31.8 Å². The van der Waals surface area contributed by atoms with E-state index in [0.717, 1.165) is 19.6 Å². The maximum Gasteiger partial charge on any atom is 0.328 e. The standard InChI is InChI=1S/C10H17NO2/c12-10(13)6-5-9-11-7-3-1-2-4-8-11/h5-6H,1-4,7-9H2,(H,12,13). The van der Waals surface area contributed by atoms with Crippen LogP contribution in [0.1, 0.15) is 25.7 Å². The van der Waals surface area contributed by atoms with E-state index in [4.69, 9.17) is 5.11 Å². The Morgan fingerprint density at radius 1 is 1.23 bits per heavy atom. The van der Waals surface area contributed by atoms with Gasteiger partial charge in [0, 0.05) is 12.6 Å². The van der Waals surface area contributed by atoms with Crippen molar-refractivity contribution >= 4 is 5.97 Å². The van der Waals surface area contributed by atoms with E-state index in [0.29, 0.717) is 0 Å². The Kier molecular flexibility index (Phi) is 4.54. The van der Waals surface area contributed by atoms with Gasteiger partial charge in [0.25, 0.3) is 0 Å². The van der Waals surface area contributed by atoms with E-state index in [9.17, 15) is 4.79 Å². The molecule has 0 saturated carbocycles. The monoisotopic (exact) mass is 183 g/mol. The molecule has 1 N–H and O–H groups in total. The van der Waals surface area contributed by atoms with Gasteiger partial charge in [-0.15, -0.1) is 0 Å². The summed E-state index contributed by atoms with van der Waals surface area (Å²) in [7, 11) is 0. The quantitative estimate of drug-likeness (QED) is 0.674. The van der Waals surface area contributed by atoms with Crippen molar-refractivity contribution in [3.05, 3.63) is 12.2 Å². The summed E-state index contributed by atoms with van der Waals surface area (Å²) in [4.78, 5) is 12.5. The molecular formula is C10H17NO2. The average Bonchev–Trinajstić information content (AvgIpc) is 2.32. The molecule has 1 fully saturated rings. The Labute approximate surface area is 79.0 Å². The molecule has 0 unspecified atom stereocenters. The first-order valence-corrected chi connectivity index (χ1v) is 4.91. The number of hydrogen-bond donors (Lipinski definition) is 1. The van der Waals surface area contributed by atoms with E-state index >= 15 is 0 Å². The first-order valence-electron chi connectivity index (χ1n) is 4.91. The summed E-state index contributed by atoms with van der Waals surface area (Å²) in [5, 5.41) is 8.39. The minimum atomic E-state index is -0.852. The predicted octanol–water partition coefficient (Wildman–Crippen LogP) is 1.50. The Bertz CT molecular complexity index is 181. The van der Waals surface area contributed by atoms with Gasteiger partial charge < -0.3 is 5.11 Å². The van der Waals surface area contributed by atoms with Crippen molar-refractivity contribution in [2.75, 3.05) is 19.6 Å². The minimum absolute atomic E-state index is 0.784. The van der Waals surface area contributed by atoms with Gasteiger partial charge in [0.15, 0.2) is 0 Å². The highest BCUT2D eigenvalue weighted by atomic mass is 16.4. The van der Waals surface area contributed by atoms with E-state index in [1.54, 1.807) is 6.08 Å². The van der Waals surface area contributed by atoms with Gasteiger partial charge in [0.05, 0.1) is 0 Å². The van der Waals surface area contributed by atoms with Crippen LogP contribution in [0.2, 0.25) is 0 Å². The van der Waals surface area contributed by atoms with Gasteiger partial charge in [-0.1, -0.05) is 18.9 Å². The van der Waals surface area contributed by atoms with Gasteiger partial charge in [-0.2, -0.15) is 0 Å². The molecule has 1 aliphatic rings. The Morgan fingerprint density at radius 2 is 1.85 bits per heavy atom. The lowest BCUT2D eigenvalue weighted by Crippen LogP contribution is -2.24. The Hall–Kier alpha value is -0.830. The third-order valence-electron chi connectivity index (χ3n) is 2.32. The molecule has 1 heterocycles. The van der Waals surface area contributed by atoms with Crippen molar-refractivity contribution < 1.29 is 9.90 Å². The highest BCUT2D eigenvalue weighted by Gasteiger charge is 2.06. The molecule has 0 spiro atoms. The fraction of sp³-hybridized carbons (Fsp3) is 0.700. The zero-order chi connectivity index (χ0) is 9.52. The smallest absolute Gasteiger partial charge is 0.328 e. The minimum Gasteiger partial charge on any atom is -0.478 e. The van der Waals surface area contributed by atoms with Crippen LogP contribution in [0.25, 0.3) is 0 Å². The molecule has 0 atom stereocenters. The van der Waals surface area contributed by atoms with Crippen LogP contribution in [0.15, 0.2) is 12.2 Å². The van der Waals surface area contributed by atoms with E-state index in [2.05, 4.69) is 4.90 Å². The largest absolute Gasteiger partial charge is 0.478 e. The summed E-state index contributed by atoms with van der Waals surface area (Å²) >= 11 is 0. The molecule has 1 rings (SSSR count). The van der Waals surface area contributed by atoms with Crippen LogP contribution in [0, 0.1) is 0 Å². The van der Waals surface area contributed by atoms with Crippen molar-refractivity contribution in [1.29, 1.82) is 0 Å². The lowest BCUT2D eigenvalue weighted by Gasteiger charge is -2.16. The number of carbonyl (C=O) groups is 1. The third kappa shape index (κ3) is 4.68. The fourth-order valence-electron chi connectivity index (χ4n) is 1.62. The highest BCUT2D eigenvalue weighted by molar-refractivity contribution is 5.79. The van der Waals surface area contributed by atoms with Gasteiger partial charge in [0.1, 0.15) is 0 Å². The molecule has 1 aliphatic heterocycles. The topological polar surface area (TPSA) is 40.5 Å². The van der Waals surface area contributed by atoms with Crippen LogP contribution in [-0.4, -0.2) is 35.6 Å². The number of rotatable bonds is 3. The molecule has 3 nitrogen and oxygen atoms in total. The summed E-state index contributed by atoms with van der Waals surface area (Å²) in [6, 6.07) is 0. The van der Waals surface area contributed by atoms with Crippen LogP contribution in [0.4, 0.5) is 0 Å². The van der Waals surface area contributed by atoms with Crippen LogP contribution in [-0.2, 0) is 4.79 Å². The summed E-state index contributed by atoms with van der Waals surface area (Å²) in [5.41, 5.74) is 0. The second-order valence-corrected chi connectivity index (χ2v) is 3.46. The maximum absolute atomic E-state index is 10.2. The van der Waals surface area contributed by atoms with Gasteiger partial charge in [0.2, 0.25) is 0 Å². The number of likely N-dealkylation sites (tertiary alicyclic amines) is 1.